The summed E-state index contributed by atoms with van der Waals surface area (Å²) in [4.78, 5) is 13.4. The van der Waals surface area contributed by atoms with E-state index in [1.165, 1.54) is 0 Å². The minimum atomic E-state index is 0.281. The van der Waals surface area contributed by atoms with Gasteiger partial charge in [0, 0.05) is 31.8 Å². The molecule has 0 aliphatic carbocycles. The molecule has 0 saturated carbocycles. The van der Waals surface area contributed by atoms with E-state index in [-0.39, 0.29) is 5.91 Å². The van der Waals surface area contributed by atoms with Crippen molar-refractivity contribution in [3.8, 4) is 0 Å². The molecule has 14 heavy (non-hydrogen) atoms. The van der Waals surface area contributed by atoms with Gasteiger partial charge in [0.15, 0.2) is 0 Å². The van der Waals surface area contributed by atoms with Crippen LogP contribution in [0.1, 0.15) is 26.7 Å². The van der Waals surface area contributed by atoms with E-state index in [2.05, 4.69) is 0 Å². The minimum absolute atomic E-state index is 0.281. The molecule has 0 heterocycles. The first-order valence-electron chi connectivity index (χ1n) is 5.31. The Morgan fingerprint density at radius 3 is 2.43 bits per heavy atom. The molecular formula is C10H22N2OS. The maximum Gasteiger partial charge on any atom is 0.222 e. The van der Waals surface area contributed by atoms with E-state index >= 15 is 0 Å². The van der Waals surface area contributed by atoms with Crippen LogP contribution in [0.3, 0.4) is 0 Å². The second-order valence-corrected chi connectivity index (χ2v) is 4.30. The van der Waals surface area contributed by atoms with Crippen LogP contribution in [0.25, 0.3) is 0 Å². The fourth-order valence-corrected chi connectivity index (χ4v) is 1.96. The Kier molecular flexibility index (Phi) is 9.19. The summed E-state index contributed by atoms with van der Waals surface area (Å²) in [5.74, 6) is 2.33. The summed E-state index contributed by atoms with van der Waals surface area (Å²) in [6, 6.07) is 0. The van der Waals surface area contributed by atoms with Gasteiger partial charge in [0.05, 0.1) is 0 Å². The molecule has 0 aromatic rings. The first kappa shape index (κ1) is 13.8. The summed E-state index contributed by atoms with van der Waals surface area (Å²) in [6.45, 7) is 6.42. The van der Waals surface area contributed by atoms with Gasteiger partial charge in [0.2, 0.25) is 5.91 Å². The molecule has 84 valence electrons. The van der Waals surface area contributed by atoms with Crippen LogP contribution in [0, 0.1) is 0 Å². The third-order valence-electron chi connectivity index (χ3n) is 2.06. The lowest BCUT2D eigenvalue weighted by molar-refractivity contribution is -0.130. The number of hydrogen-bond acceptors (Lipinski definition) is 3. The number of carbonyl (C=O) groups excluding carboxylic acids is 1. The molecule has 0 aromatic heterocycles. The molecular weight excluding hydrogens is 196 g/mol. The van der Waals surface area contributed by atoms with Crippen LogP contribution in [0.4, 0.5) is 0 Å². The molecule has 0 atom stereocenters. The predicted octanol–water partition coefficient (Wildman–Crippen LogP) is 1.33. The number of thioether (sulfide) groups is 1. The molecule has 1 amide bonds. The second kappa shape index (κ2) is 9.34. The third kappa shape index (κ3) is 6.27. The van der Waals surface area contributed by atoms with Gasteiger partial charge in [-0.3, -0.25) is 4.79 Å². The van der Waals surface area contributed by atoms with Crippen molar-refractivity contribution in [1.29, 1.82) is 0 Å². The molecule has 0 radical (unpaired) electrons. The summed E-state index contributed by atoms with van der Waals surface area (Å²) < 4.78 is 0. The van der Waals surface area contributed by atoms with Gasteiger partial charge < -0.3 is 10.6 Å². The average Bonchev–Trinajstić information content (AvgIpc) is 2.19. The Bertz CT molecular complexity index is 149. The van der Waals surface area contributed by atoms with E-state index < -0.39 is 0 Å². The van der Waals surface area contributed by atoms with Gasteiger partial charge in [0.1, 0.15) is 0 Å². The van der Waals surface area contributed by atoms with E-state index in [1.54, 1.807) is 0 Å². The SMILES string of the molecule is CCN(CC)C(=O)CCCSCCN. The first-order valence-corrected chi connectivity index (χ1v) is 6.47. The number of amides is 1. The fourth-order valence-electron chi connectivity index (χ4n) is 1.25. The van der Waals surface area contributed by atoms with Crippen LogP contribution in [0.5, 0.6) is 0 Å². The Balaban J connectivity index is 3.43. The minimum Gasteiger partial charge on any atom is -0.343 e. The zero-order chi connectivity index (χ0) is 10.8. The van der Waals surface area contributed by atoms with Crippen LogP contribution >= 0.6 is 11.8 Å². The van der Waals surface area contributed by atoms with Crippen LogP contribution in [-0.4, -0.2) is 41.9 Å². The molecule has 0 fully saturated rings. The van der Waals surface area contributed by atoms with Crippen molar-refractivity contribution in [2.45, 2.75) is 26.7 Å². The van der Waals surface area contributed by atoms with Gasteiger partial charge in [-0.05, 0) is 26.0 Å². The highest BCUT2D eigenvalue weighted by molar-refractivity contribution is 7.99. The Labute approximate surface area is 91.4 Å². The number of rotatable bonds is 8. The molecule has 0 rings (SSSR count). The van der Waals surface area contributed by atoms with Crippen LogP contribution < -0.4 is 5.73 Å². The predicted molar refractivity (Wildman–Crippen MR) is 63.5 cm³/mol. The number of nitrogens with zero attached hydrogens (tertiary/aromatic N) is 1. The van der Waals surface area contributed by atoms with Crippen molar-refractivity contribution >= 4 is 17.7 Å². The Hall–Kier alpha value is -0.220. The maximum absolute atomic E-state index is 11.5. The first-order chi connectivity index (χ1) is 6.76. The Morgan fingerprint density at radius 1 is 1.29 bits per heavy atom. The fraction of sp³-hybridized carbons (Fsp3) is 0.900. The number of carbonyl (C=O) groups is 1. The molecule has 0 spiro atoms. The van der Waals surface area contributed by atoms with E-state index in [9.17, 15) is 4.79 Å². The van der Waals surface area contributed by atoms with Crippen LogP contribution in [0.2, 0.25) is 0 Å². The lowest BCUT2D eigenvalue weighted by Gasteiger charge is -2.18. The van der Waals surface area contributed by atoms with Crippen molar-refractivity contribution in [2.24, 2.45) is 5.73 Å². The van der Waals surface area contributed by atoms with Gasteiger partial charge in [0.25, 0.3) is 0 Å². The highest BCUT2D eigenvalue weighted by atomic mass is 32.2. The zero-order valence-electron chi connectivity index (χ0n) is 9.29. The summed E-state index contributed by atoms with van der Waals surface area (Å²) >= 11 is 1.83. The average molecular weight is 218 g/mol. The highest BCUT2D eigenvalue weighted by Crippen LogP contribution is 2.05. The number of nitrogens with two attached hydrogens (primary N) is 1. The van der Waals surface area contributed by atoms with Crippen LogP contribution in [0.15, 0.2) is 0 Å². The molecule has 0 aliphatic heterocycles. The lowest BCUT2D eigenvalue weighted by atomic mass is 10.3. The van der Waals surface area contributed by atoms with Crippen molar-refractivity contribution in [1.82, 2.24) is 4.90 Å². The monoisotopic (exact) mass is 218 g/mol. The summed E-state index contributed by atoms with van der Waals surface area (Å²) in [5.41, 5.74) is 5.37. The van der Waals surface area contributed by atoms with Crippen molar-refractivity contribution in [3.05, 3.63) is 0 Å². The number of hydrogen-bond donors (Lipinski definition) is 1. The molecule has 0 aliphatic rings. The lowest BCUT2D eigenvalue weighted by Crippen LogP contribution is -2.30. The molecule has 4 heteroatoms. The van der Waals surface area contributed by atoms with E-state index in [4.69, 9.17) is 5.73 Å². The van der Waals surface area contributed by atoms with E-state index in [0.29, 0.717) is 6.42 Å². The molecule has 0 saturated heterocycles. The Morgan fingerprint density at radius 2 is 1.93 bits per heavy atom. The molecule has 2 N–H and O–H groups in total. The highest BCUT2D eigenvalue weighted by Gasteiger charge is 2.07. The smallest absolute Gasteiger partial charge is 0.222 e. The topological polar surface area (TPSA) is 46.3 Å². The molecule has 3 nitrogen and oxygen atoms in total. The van der Waals surface area contributed by atoms with Crippen molar-refractivity contribution < 1.29 is 4.79 Å². The summed E-state index contributed by atoms with van der Waals surface area (Å²) in [6.07, 6.45) is 1.65. The zero-order valence-corrected chi connectivity index (χ0v) is 10.1. The summed E-state index contributed by atoms with van der Waals surface area (Å²) in [5, 5.41) is 0. The van der Waals surface area contributed by atoms with E-state index in [1.807, 2.05) is 30.5 Å². The largest absolute Gasteiger partial charge is 0.343 e. The van der Waals surface area contributed by atoms with Gasteiger partial charge in [-0.1, -0.05) is 0 Å². The third-order valence-corrected chi connectivity index (χ3v) is 3.16. The standard InChI is InChI=1S/C10H22N2OS/c1-3-12(4-2)10(13)6-5-8-14-9-7-11/h3-9,11H2,1-2H3. The van der Waals surface area contributed by atoms with E-state index in [0.717, 1.165) is 37.6 Å². The maximum atomic E-state index is 11.5. The van der Waals surface area contributed by atoms with Gasteiger partial charge in [-0.15, -0.1) is 0 Å². The van der Waals surface area contributed by atoms with Crippen LogP contribution in [-0.2, 0) is 4.79 Å². The van der Waals surface area contributed by atoms with Crippen molar-refractivity contribution in [3.63, 3.8) is 0 Å². The van der Waals surface area contributed by atoms with Gasteiger partial charge in [-0.25, -0.2) is 0 Å². The van der Waals surface area contributed by atoms with Gasteiger partial charge >= 0.3 is 0 Å². The van der Waals surface area contributed by atoms with Crippen molar-refractivity contribution in [2.75, 3.05) is 31.1 Å². The molecule has 0 aromatic carbocycles. The van der Waals surface area contributed by atoms with Gasteiger partial charge in [-0.2, -0.15) is 11.8 Å². The normalized spacial score (nSPS) is 10.2. The molecule has 0 unspecified atom stereocenters. The summed E-state index contributed by atoms with van der Waals surface area (Å²) in [7, 11) is 0. The molecule has 0 bridgehead atoms. The second-order valence-electron chi connectivity index (χ2n) is 3.07. The quantitative estimate of drug-likeness (QED) is 0.625.